The summed E-state index contributed by atoms with van der Waals surface area (Å²) in [6, 6.07) is 15.6. The molecular formula is C26H16FN3O4S2. The molecule has 0 amide bonds. The molecule has 0 spiro atoms. The summed E-state index contributed by atoms with van der Waals surface area (Å²) in [7, 11) is -3.70. The Morgan fingerprint density at radius 2 is 1.94 bits per heavy atom. The second-order valence-corrected chi connectivity index (χ2v) is 10.6. The van der Waals surface area contributed by atoms with Gasteiger partial charge < -0.3 is 9.15 Å². The van der Waals surface area contributed by atoms with Gasteiger partial charge in [0.05, 0.1) is 34.9 Å². The number of rotatable bonds is 7. The summed E-state index contributed by atoms with van der Waals surface area (Å²) < 4.78 is 50.6. The van der Waals surface area contributed by atoms with E-state index in [0.29, 0.717) is 33.1 Å². The van der Waals surface area contributed by atoms with Crippen LogP contribution >= 0.6 is 11.3 Å². The van der Waals surface area contributed by atoms with E-state index in [1.807, 2.05) is 6.07 Å². The highest BCUT2D eigenvalue weighted by molar-refractivity contribution is 7.90. The van der Waals surface area contributed by atoms with Crippen LogP contribution in [0.25, 0.3) is 22.4 Å². The molecule has 3 aromatic heterocycles. The van der Waals surface area contributed by atoms with Crippen molar-refractivity contribution < 1.29 is 22.0 Å². The largest absolute Gasteiger partial charge is 0.472 e. The van der Waals surface area contributed by atoms with Crippen LogP contribution in [-0.4, -0.2) is 18.4 Å². The predicted molar refractivity (Wildman–Crippen MR) is 132 cm³/mol. The van der Waals surface area contributed by atoms with E-state index in [-0.39, 0.29) is 27.8 Å². The Hall–Kier alpha value is -4.33. The maximum absolute atomic E-state index is 13.8. The molecule has 0 aliphatic carbocycles. The van der Waals surface area contributed by atoms with Crippen molar-refractivity contribution in [3.63, 3.8) is 0 Å². The number of hydrogen-bond acceptors (Lipinski definition) is 8. The van der Waals surface area contributed by atoms with Gasteiger partial charge in [0.1, 0.15) is 28.4 Å². The average molecular weight is 518 g/mol. The molecule has 0 aliphatic heterocycles. The first kappa shape index (κ1) is 23.4. The second-order valence-electron chi connectivity index (χ2n) is 7.64. The lowest BCUT2D eigenvalue weighted by molar-refractivity contribution is 0.480. The van der Waals surface area contributed by atoms with Crippen molar-refractivity contribution in [2.24, 2.45) is 0 Å². The van der Waals surface area contributed by atoms with Gasteiger partial charge in [-0.25, -0.2) is 17.8 Å². The minimum absolute atomic E-state index is 0.00349. The Morgan fingerprint density at radius 1 is 1.06 bits per heavy atom. The van der Waals surface area contributed by atoms with Gasteiger partial charge in [0.25, 0.3) is 0 Å². The van der Waals surface area contributed by atoms with E-state index in [2.05, 4.69) is 9.97 Å². The lowest BCUT2D eigenvalue weighted by atomic mass is 10.0. The van der Waals surface area contributed by atoms with Crippen LogP contribution in [0.3, 0.4) is 0 Å². The number of ether oxygens (including phenoxy) is 1. The summed E-state index contributed by atoms with van der Waals surface area (Å²) in [6.45, 7) is 0. The fourth-order valence-corrected chi connectivity index (χ4v) is 5.82. The van der Waals surface area contributed by atoms with E-state index in [0.717, 1.165) is 0 Å². The van der Waals surface area contributed by atoms with Crippen LogP contribution < -0.4 is 4.74 Å². The highest BCUT2D eigenvalue weighted by Crippen LogP contribution is 2.37. The third kappa shape index (κ3) is 4.88. The standard InChI is InChI=1S/C26H16FN3O4S2/c27-20-3-1-2-17(10-20)23-12-22(18-6-8-33-15-18)25(14-30-23)34-24-5-4-21(11-19(24)13-28)36(31,32)16-26-29-7-9-35-26/h1-12,14-15H,16H2. The van der Waals surface area contributed by atoms with E-state index >= 15 is 0 Å². The van der Waals surface area contributed by atoms with Crippen LogP contribution in [-0.2, 0) is 15.6 Å². The van der Waals surface area contributed by atoms with Gasteiger partial charge in [0.2, 0.25) is 0 Å². The molecule has 0 N–H and O–H groups in total. The first-order valence-corrected chi connectivity index (χ1v) is 13.1. The third-order valence-electron chi connectivity index (χ3n) is 5.27. The van der Waals surface area contributed by atoms with E-state index in [1.165, 1.54) is 60.4 Å². The molecule has 3 heterocycles. The van der Waals surface area contributed by atoms with Crippen LogP contribution in [0, 0.1) is 17.1 Å². The fraction of sp³-hybridized carbons (Fsp3) is 0.0385. The zero-order chi connectivity index (χ0) is 25.1. The van der Waals surface area contributed by atoms with Crippen LogP contribution in [0.4, 0.5) is 4.39 Å². The average Bonchev–Trinajstić information content (AvgIpc) is 3.59. The Kier molecular flexibility index (Phi) is 6.33. The number of hydrogen-bond donors (Lipinski definition) is 0. The molecule has 0 atom stereocenters. The highest BCUT2D eigenvalue weighted by Gasteiger charge is 2.20. The molecule has 0 saturated carbocycles. The third-order valence-corrected chi connectivity index (χ3v) is 7.86. The number of furan rings is 1. The summed E-state index contributed by atoms with van der Waals surface area (Å²) >= 11 is 1.24. The molecular weight excluding hydrogens is 501 g/mol. The van der Waals surface area contributed by atoms with Crippen LogP contribution in [0.15, 0.2) is 94.2 Å². The second kappa shape index (κ2) is 9.73. The molecule has 7 nitrogen and oxygen atoms in total. The summed E-state index contributed by atoms with van der Waals surface area (Å²) in [5, 5.41) is 11.9. The molecule has 36 heavy (non-hydrogen) atoms. The van der Waals surface area contributed by atoms with Gasteiger partial charge in [-0.3, -0.25) is 4.98 Å². The van der Waals surface area contributed by atoms with Gasteiger partial charge in [0, 0.05) is 28.3 Å². The maximum Gasteiger partial charge on any atom is 0.184 e. The van der Waals surface area contributed by atoms with Crippen LogP contribution in [0.5, 0.6) is 11.5 Å². The van der Waals surface area contributed by atoms with Crippen molar-refractivity contribution in [2.75, 3.05) is 0 Å². The highest BCUT2D eigenvalue weighted by atomic mass is 32.2. The summed E-state index contributed by atoms with van der Waals surface area (Å²) in [4.78, 5) is 8.43. The number of thiazole rings is 1. The van der Waals surface area contributed by atoms with Crippen LogP contribution in [0.2, 0.25) is 0 Å². The smallest absolute Gasteiger partial charge is 0.184 e. The fourth-order valence-electron chi connectivity index (χ4n) is 3.54. The van der Waals surface area contributed by atoms with Gasteiger partial charge in [-0.1, -0.05) is 12.1 Å². The minimum atomic E-state index is -3.70. The summed E-state index contributed by atoms with van der Waals surface area (Å²) in [5.74, 6) is -0.170. The minimum Gasteiger partial charge on any atom is -0.472 e. The molecule has 0 bridgehead atoms. The lowest BCUT2D eigenvalue weighted by Crippen LogP contribution is -2.05. The maximum atomic E-state index is 13.8. The lowest BCUT2D eigenvalue weighted by Gasteiger charge is -2.13. The Balaban J connectivity index is 1.51. The number of nitriles is 1. The molecule has 0 saturated heterocycles. The monoisotopic (exact) mass is 517 g/mol. The SMILES string of the molecule is N#Cc1cc(S(=O)(=O)Cc2nccs2)ccc1Oc1cnc(-c2cccc(F)c2)cc1-c1ccoc1. The summed E-state index contributed by atoms with van der Waals surface area (Å²) in [5.41, 5.74) is 2.43. The quantitative estimate of drug-likeness (QED) is 0.251. The van der Waals surface area contributed by atoms with E-state index in [9.17, 15) is 18.1 Å². The van der Waals surface area contributed by atoms with Gasteiger partial charge in [0.15, 0.2) is 15.6 Å². The molecule has 0 radical (unpaired) electrons. The first-order valence-electron chi connectivity index (χ1n) is 10.5. The molecule has 5 rings (SSSR count). The predicted octanol–water partition coefficient (Wildman–Crippen LogP) is 6.24. The topological polar surface area (TPSA) is 106 Å². The zero-order valence-corrected chi connectivity index (χ0v) is 20.1. The van der Waals surface area contributed by atoms with E-state index < -0.39 is 9.84 Å². The molecule has 0 fully saturated rings. The molecule has 0 unspecified atom stereocenters. The first-order chi connectivity index (χ1) is 17.4. The van der Waals surface area contributed by atoms with Crippen molar-refractivity contribution in [1.82, 2.24) is 9.97 Å². The van der Waals surface area contributed by atoms with Crippen molar-refractivity contribution in [3.05, 3.63) is 101 Å². The molecule has 5 aromatic rings. The van der Waals surface area contributed by atoms with Crippen molar-refractivity contribution in [1.29, 1.82) is 5.26 Å². The number of halogens is 1. The summed E-state index contributed by atoms with van der Waals surface area (Å²) in [6.07, 6.45) is 6.04. The number of sulfone groups is 1. The number of nitrogens with zero attached hydrogens (tertiary/aromatic N) is 3. The Bertz CT molecular complexity index is 1680. The molecule has 178 valence electrons. The van der Waals surface area contributed by atoms with Gasteiger partial charge >= 0.3 is 0 Å². The molecule has 10 heteroatoms. The molecule has 0 aliphatic rings. The van der Waals surface area contributed by atoms with E-state index in [1.54, 1.807) is 35.8 Å². The molecule has 2 aromatic carbocycles. The Labute approximate surface area is 210 Å². The van der Waals surface area contributed by atoms with Crippen molar-refractivity contribution in [3.8, 4) is 40.0 Å². The van der Waals surface area contributed by atoms with Crippen molar-refractivity contribution >= 4 is 21.2 Å². The zero-order valence-electron chi connectivity index (χ0n) is 18.5. The van der Waals surface area contributed by atoms with Crippen molar-refractivity contribution in [2.45, 2.75) is 10.6 Å². The van der Waals surface area contributed by atoms with E-state index in [4.69, 9.17) is 9.15 Å². The number of benzene rings is 2. The normalized spacial score (nSPS) is 11.2. The van der Waals surface area contributed by atoms with Crippen LogP contribution in [0.1, 0.15) is 10.6 Å². The number of aromatic nitrogens is 2. The van der Waals surface area contributed by atoms with Gasteiger partial charge in [-0.15, -0.1) is 11.3 Å². The Morgan fingerprint density at radius 3 is 2.67 bits per heavy atom. The number of pyridine rings is 1. The van der Waals surface area contributed by atoms with Gasteiger partial charge in [-0.05, 0) is 42.5 Å². The van der Waals surface area contributed by atoms with Gasteiger partial charge in [-0.2, -0.15) is 5.26 Å².